The Labute approximate surface area is 147 Å². The molecule has 1 aromatic heterocycles. The molecule has 0 amide bonds. The minimum Gasteiger partial charge on any atom is -0.267 e. The molecule has 0 aliphatic carbocycles. The van der Waals surface area contributed by atoms with Crippen LogP contribution in [0.4, 0.5) is 0 Å². The van der Waals surface area contributed by atoms with Gasteiger partial charge in [-0.1, -0.05) is 65.7 Å². The molecule has 2 aromatic carbocycles. The molecule has 0 radical (unpaired) electrons. The van der Waals surface area contributed by atoms with E-state index in [9.17, 15) is 4.79 Å². The SMILES string of the molecule is CC1=CC(=O)n2nc(Cc3ccc(C)cc3)c(-c3ccccc3)c2C1. The first-order valence-corrected chi connectivity index (χ1v) is 8.55. The summed E-state index contributed by atoms with van der Waals surface area (Å²) in [5.41, 5.74) is 7.70. The Morgan fingerprint density at radius 1 is 1.00 bits per heavy atom. The van der Waals surface area contributed by atoms with E-state index >= 15 is 0 Å². The lowest BCUT2D eigenvalue weighted by molar-refractivity contribution is 0.0945. The smallest absolute Gasteiger partial charge is 0.267 e. The summed E-state index contributed by atoms with van der Waals surface area (Å²) < 4.78 is 1.58. The molecule has 0 bridgehead atoms. The summed E-state index contributed by atoms with van der Waals surface area (Å²) in [6.07, 6.45) is 3.16. The Balaban J connectivity index is 1.85. The number of benzene rings is 2. The van der Waals surface area contributed by atoms with Crippen LogP contribution in [-0.4, -0.2) is 15.7 Å². The lowest BCUT2D eigenvalue weighted by Gasteiger charge is -2.13. The molecule has 4 rings (SSSR count). The zero-order valence-corrected chi connectivity index (χ0v) is 14.5. The molecule has 2 heterocycles. The Kier molecular flexibility index (Phi) is 3.85. The lowest BCUT2D eigenvalue weighted by atomic mass is 9.95. The second-order valence-corrected chi connectivity index (χ2v) is 6.71. The van der Waals surface area contributed by atoms with Crippen LogP contribution in [-0.2, 0) is 12.8 Å². The molecular weight excluding hydrogens is 308 g/mol. The maximum absolute atomic E-state index is 12.4. The van der Waals surface area contributed by atoms with Crippen molar-refractivity contribution in [1.82, 2.24) is 9.78 Å². The Bertz CT molecular complexity index is 963. The van der Waals surface area contributed by atoms with Gasteiger partial charge in [0.15, 0.2) is 0 Å². The Morgan fingerprint density at radius 3 is 2.44 bits per heavy atom. The third-order valence-electron chi connectivity index (χ3n) is 4.63. The van der Waals surface area contributed by atoms with Crippen molar-refractivity contribution in [2.45, 2.75) is 26.7 Å². The van der Waals surface area contributed by atoms with Crippen molar-refractivity contribution in [3.63, 3.8) is 0 Å². The number of carbonyl (C=O) groups excluding carboxylic acids is 1. The van der Waals surface area contributed by atoms with E-state index in [2.05, 4.69) is 48.4 Å². The molecule has 0 fully saturated rings. The largest absolute Gasteiger partial charge is 0.271 e. The monoisotopic (exact) mass is 328 g/mol. The van der Waals surface area contributed by atoms with Crippen molar-refractivity contribution >= 4 is 5.91 Å². The van der Waals surface area contributed by atoms with Crippen molar-refractivity contribution in [2.24, 2.45) is 0 Å². The molecule has 124 valence electrons. The molecule has 25 heavy (non-hydrogen) atoms. The highest BCUT2D eigenvalue weighted by molar-refractivity contribution is 5.93. The van der Waals surface area contributed by atoms with E-state index in [0.29, 0.717) is 0 Å². The fraction of sp³-hybridized carbons (Fsp3) is 0.182. The van der Waals surface area contributed by atoms with Crippen molar-refractivity contribution in [2.75, 3.05) is 0 Å². The molecule has 0 spiro atoms. The Morgan fingerprint density at radius 2 is 1.72 bits per heavy atom. The van der Waals surface area contributed by atoms with Gasteiger partial charge in [0, 0.05) is 24.5 Å². The third kappa shape index (κ3) is 2.93. The molecule has 1 aliphatic heterocycles. The van der Waals surface area contributed by atoms with Crippen LogP contribution in [0.5, 0.6) is 0 Å². The topological polar surface area (TPSA) is 34.9 Å². The van der Waals surface area contributed by atoms with E-state index in [-0.39, 0.29) is 5.91 Å². The van der Waals surface area contributed by atoms with Crippen LogP contribution in [0.25, 0.3) is 11.1 Å². The van der Waals surface area contributed by atoms with Crippen LogP contribution >= 0.6 is 0 Å². The zero-order chi connectivity index (χ0) is 17.4. The van der Waals surface area contributed by atoms with Gasteiger partial charge in [0.1, 0.15) is 0 Å². The fourth-order valence-electron chi connectivity index (χ4n) is 3.40. The number of allylic oxidation sites excluding steroid dienone is 2. The predicted molar refractivity (Wildman–Crippen MR) is 99.7 cm³/mol. The van der Waals surface area contributed by atoms with E-state index < -0.39 is 0 Å². The van der Waals surface area contributed by atoms with E-state index in [1.54, 1.807) is 10.8 Å². The number of hydrogen-bond donors (Lipinski definition) is 0. The highest BCUT2D eigenvalue weighted by Crippen LogP contribution is 2.32. The van der Waals surface area contributed by atoms with Crippen molar-refractivity contribution in [3.8, 4) is 11.1 Å². The summed E-state index contributed by atoms with van der Waals surface area (Å²) in [7, 11) is 0. The van der Waals surface area contributed by atoms with Crippen LogP contribution in [0.2, 0.25) is 0 Å². The van der Waals surface area contributed by atoms with Gasteiger partial charge >= 0.3 is 0 Å². The van der Waals surface area contributed by atoms with Crippen molar-refractivity contribution in [3.05, 3.63) is 88.8 Å². The first kappa shape index (κ1) is 15.6. The summed E-state index contributed by atoms with van der Waals surface area (Å²) in [5, 5.41) is 4.68. The number of rotatable bonds is 3. The summed E-state index contributed by atoms with van der Waals surface area (Å²) in [5.74, 6) is -0.0499. The standard InChI is InChI=1S/C22H20N2O/c1-15-8-10-17(11-9-15)14-19-22(18-6-4-3-5-7-18)20-12-16(2)13-21(25)24(20)23-19/h3-11,13H,12,14H2,1-2H3. The number of carbonyl (C=O) groups is 1. The predicted octanol–water partition coefficient (Wildman–Crippen LogP) is 4.59. The average molecular weight is 328 g/mol. The number of aryl methyl sites for hydroxylation is 1. The summed E-state index contributed by atoms with van der Waals surface area (Å²) >= 11 is 0. The highest BCUT2D eigenvalue weighted by Gasteiger charge is 2.25. The van der Waals surface area contributed by atoms with Crippen LogP contribution in [0, 0.1) is 6.92 Å². The molecule has 0 atom stereocenters. The number of nitrogens with zero attached hydrogens (tertiary/aromatic N) is 2. The number of aromatic nitrogens is 2. The van der Waals surface area contributed by atoms with E-state index in [1.165, 1.54) is 11.1 Å². The average Bonchev–Trinajstić information content (AvgIpc) is 2.96. The zero-order valence-electron chi connectivity index (χ0n) is 14.5. The molecule has 0 saturated carbocycles. The summed E-state index contributed by atoms with van der Waals surface area (Å²) in [4.78, 5) is 12.4. The molecule has 0 N–H and O–H groups in total. The van der Waals surface area contributed by atoms with Gasteiger partial charge in [0.25, 0.3) is 5.91 Å². The first-order chi connectivity index (χ1) is 12.1. The van der Waals surface area contributed by atoms with Gasteiger partial charge in [-0.3, -0.25) is 4.79 Å². The van der Waals surface area contributed by atoms with E-state index in [0.717, 1.165) is 40.9 Å². The van der Waals surface area contributed by atoms with Crippen molar-refractivity contribution < 1.29 is 4.79 Å². The molecule has 0 unspecified atom stereocenters. The van der Waals surface area contributed by atoms with Crippen LogP contribution in [0.1, 0.15) is 34.2 Å². The number of fused-ring (bicyclic) bond motifs is 1. The lowest BCUT2D eigenvalue weighted by Crippen LogP contribution is -2.18. The minimum atomic E-state index is -0.0499. The van der Waals surface area contributed by atoms with Crippen LogP contribution in [0.3, 0.4) is 0 Å². The minimum absolute atomic E-state index is 0.0499. The maximum Gasteiger partial charge on any atom is 0.271 e. The second kappa shape index (κ2) is 6.17. The molecule has 1 aliphatic rings. The van der Waals surface area contributed by atoms with Gasteiger partial charge in [-0.15, -0.1) is 0 Å². The van der Waals surface area contributed by atoms with Gasteiger partial charge in [0.05, 0.1) is 11.4 Å². The van der Waals surface area contributed by atoms with Gasteiger partial charge < -0.3 is 0 Å². The first-order valence-electron chi connectivity index (χ1n) is 8.55. The fourth-order valence-corrected chi connectivity index (χ4v) is 3.40. The Hall–Kier alpha value is -2.94. The maximum atomic E-state index is 12.4. The van der Waals surface area contributed by atoms with Gasteiger partial charge in [-0.2, -0.15) is 5.10 Å². The highest BCUT2D eigenvalue weighted by atomic mass is 16.2. The molecular formula is C22H20N2O. The van der Waals surface area contributed by atoms with Gasteiger partial charge in [0.2, 0.25) is 0 Å². The molecule has 3 nitrogen and oxygen atoms in total. The molecule has 0 saturated heterocycles. The summed E-state index contributed by atoms with van der Waals surface area (Å²) in [6, 6.07) is 18.7. The van der Waals surface area contributed by atoms with E-state index in [1.807, 2.05) is 25.1 Å². The summed E-state index contributed by atoms with van der Waals surface area (Å²) in [6.45, 7) is 4.09. The molecule has 3 heteroatoms. The second-order valence-electron chi connectivity index (χ2n) is 6.71. The number of hydrogen-bond acceptors (Lipinski definition) is 2. The normalized spacial score (nSPS) is 13.5. The molecule has 3 aromatic rings. The quantitative estimate of drug-likeness (QED) is 0.705. The van der Waals surface area contributed by atoms with Gasteiger partial charge in [-0.25, -0.2) is 4.68 Å². The van der Waals surface area contributed by atoms with Crippen LogP contribution < -0.4 is 0 Å². The third-order valence-corrected chi connectivity index (χ3v) is 4.63. The van der Waals surface area contributed by atoms with Gasteiger partial charge in [-0.05, 0) is 25.0 Å². The van der Waals surface area contributed by atoms with Crippen molar-refractivity contribution in [1.29, 1.82) is 0 Å². The van der Waals surface area contributed by atoms with Crippen LogP contribution in [0.15, 0.2) is 66.2 Å². The van der Waals surface area contributed by atoms with E-state index in [4.69, 9.17) is 0 Å².